The molecule has 25 heavy (non-hydrogen) atoms. The number of rotatable bonds is 7. The van der Waals surface area contributed by atoms with Gasteiger partial charge in [0.15, 0.2) is 0 Å². The van der Waals surface area contributed by atoms with Crippen LogP contribution in [0.25, 0.3) is 0 Å². The van der Waals surface area contributed by atoms with E-state index >= 15 is 0 Å². The highest BCUT2D eigenvalue weighted by Gasteiger charge is 2.13. The molecule has 2 aromatic carbocycles. The number of hydrogen-bond acceptors (Lipinski definition) is 3. The van der Waals surface area contributed by atoms with Crippen molar-refractivity contribution in [1.82, 2.24) is 5.32 Å². The van der Waals surface area contributed by atoms with Crippen molar-refractivity contribution in [3.63, 3.8) is 0 Å². The van der Waals surface area contributed by atoms with Crippen LogP contribution in [-0.4, -0.2) is 25.0 Å². The maximum atomic E-state index is 12.2. The highest BCUT2D eigenvalue weighted by atomic mass is 16.5. The summed E-state index contributed by atoms with van der Waals surface area (Å²) < 4.78 is 5.43. The maximum absolute atomic E-state index is 12.2. The van der Waals surface area contributed by atoms with E-state index in [1.807, 2.05) is 31.2 Å². The van der Waals surface area contributed by atoms with E-state index in [-0.39, 0.29) is 18.4 Å². The Morgan fingerprint density at radius 2 is 1.72 bits per heavy atom. The van der Waals surface area contributed by atoms with Crippen molar-refractivity contribution in [3.8, 4) is 5.75 Å². The summed E-state index contributed by atoms with van der Waals surface area (Å²) in [6.07, 6.45) is 0. The highest BCUT2D eigenvalue weighted by molar-refractivity contribution is 6.00. The smallest absolute Gasteiger partial charge is 0.255 e. The van der Waals surface area contributed by atoms with E-state index < -0.39 is 0 Å². The van der Waals surface area contributed by atoms with Crippen LogP contribution in [0.2, 0.25) is 0 Å². The van der Waals surface area contributed by atoms with Gasteiger partial charge in [-0.25, -0.2) is 0 Å². The second kappa shape index (κ2) is 8.87. The van der Waals surface area contributed by atoms with Gasteiger partial charge in [0.05, 0.1) is 18.7 Å². The quantitative estimate of drug-likeness (QED) is 0.809. The lowest BCUT2D eigenvalue weighted by Crippen LogP contribution is -2.33. The minimum atomic E-state index is -0.339. The van der Waals surface area contributed by atoms with E-state index in [0.29, 0.717) is 29.5 Å². The van der Waals surface area contributed by atoms with Gasteiger partial charge in [-0.2, -0.15) is 0 Å². The fourth-order valence-corrected chi connectivity index (χ4v) is 2.35. The average molecular weight is 340 g/mol. The summed E-state index contributed by atoms with van der Waals surface area (Å²) in [5, 5.41) is 5.39. The van der Waals surface area contributed by atoms with Gasteiger partial charge in [0, 0.05) is 5.69 Å². The van der Waals surface area contributed by atoms with Gasteiger partial charge in [0.1, 0.15) is 5.75 Å². The van der Waals surface area contributed by atoms with Crippen LogP contribution >= 0.6 is 0 Å². The van der Waals surface area contributed by atoms with Gasteiger partial charge in [-0.05, 0) is 42.7 Å². The molecular weight excluding hydrogens is 316 g/mol. The number of carbonyl (C=O) groups excluding carboxylic acids is 2. The summed E-state index contributed by atoms with van der Waals surface area (Å²) >= 11 is 0. The van der Waals surface area contributed by atoms with Crippen LogP contribution in [0.1, 0.15) is 42.6 Å². The lowest BCUT2D eigenvalue weighted by molar-refractivity contribution is -0.115. The molecule has 0 unspecified atom stereocenters. The molecule has 0 saturated heterocycles. The molecule has 0 heterocycles. The van der Waals surface area contributed by atoms with Crippen molar-refractivity contribution in [1.29, 1.82) is 0 Å². The zero-order valence-corrected chi connectivity index (χ0v) is 14.8. The Hall–Kier alpha value is -2.82. The molecule has 0 aromatic heterocycles. The van der Waals surface area contributed by atoms with Crippen LogP contribution in [0.15, 0.2) is 48.5 Å². The first-order chi connectivity index (χ1) is 12.0. The van der Waals surface area contributed by atoms with E-state index in [9.17, 15) is 9.59 Å². The normalized spacial score (nSPS) is 10.4. The van der Waals surface area contributed by atoms with E-state index in [0.717, 1.165) is 0 Å². The minimum absolute atomic E-state index is 0.106. The zero-order chi connectivity index (χ0) is 18.2. The summed E-state index contributed by atoms with van der Waals surface area (Å²) in [4.78, 5) is 24.3. The zero-order valence-electron chi connectivity index (χ0n) is 14.8. The predicted molar refractivity (Wildman–Crippen MR) is 99.1 cm³/mol. The number of anilines is 1. The van der Waals surface area contributed by atoms with Gasteiger partial charge in [0.25, 0.3) is 5.91 Å². The first kappa shape index (κ1) is 18.5. The summed E-state index contributed by atoms with van der Waals surface area (Å²) in [6, 6.07) is 14.6. The average Bonchev–Trinajstić information content (AvgIpc) is 2.61. The molecule has 2 rings (SSSR count). The second-order valence-electron chi connectivity index (χ2n) is 5.94. The summed E-state index contributed by atoms with van der Waals surface area (Å²) in [5.74, 6) is 0.329. The molecule has 2 N–H and O–H groups in total. The van der Waals surface area contributed by atoms with Crippen molar-refractivity contribution in [2.24, 2.45) is 0 Å². The third-order valence-corrected chi connectivity index (χ3v) is 3.70. The number of carbonyl (C=O) groups is 2. The molecule has 0 aliphatic carbocycles. The Labute approximate surface area is 148 Å². The molecule has 0 bridgehead atoms. The van der Waals surface area contributed by atoms with Crippen LogP contribution in [0, 0.1) is 0 Å². The minimum Gasteiger partial charge on any atom is -0.493 e. The van der Waals surface area contributed by atoms with E-state index in [1.54, 1.807) is 24.3 Å². The van der Waals surface area contributed by atoms with Crippen LogP contribution in [-0.2, 0) is 4.79 Å². The van der Waals surface area contributed by atoms with Gasteiger partial charge in [-0.3, -0.25) is 9.59 Å². The Kier molecular flexibility index (Phi) is 6.57. The number of amides is 2. The lowest BCUT2D eigenvalue weighted by Gasteiger charge is -2.11. The molecular formula is C20H24N2O3. The van der Waals surface area contributed by atoms with Crippen LogP contribution in [0.4, 0.5) is 5.69 Å². The molecule has 0 aliphatic rings. The molecule has 5 heteroatoms. The summed E-state index contributed by atoms with van der Waals surface area (Å²) in [6.45, 7) is 6.45. The first-order valence-corrected chi connectivity index (χ1v) is 8.41. The SMILES string of the molecule is CCOc1ccccc1C(=O)NCC(=O)Nc1ccc(C(C)C)cc1. The van der Waals surface area contributed by atoms with E-state index in [4.69, 9.17) is 4.74 Å². The molecule has 0 fully saturated rings. The Morgan fingerprint density at radius 3 is 2.36 bits per heavy atom. The number of para-hydroxylation sites is 1. The molecule has 2 aromatic rings. The molecule has 0 aliphatic heterocycles. The fourth-order valence-electron chi connectivity index (χ4n) is 2.35. The van der Waals surface area contributed by atoms with Crippen molar-refractivity contribution < 1.29 is 14.3 Å². The largest absolute Gasteiger partial charge is 0.493 e. The van der Waals surface area contributed by atoms with Gasteiger partial charge < -0.3 is 15.4 Å². The second-order valence-corrected chi connectivity index (χ2v) is 5.94. The first-order valence-electron chi connectivity index (χ1n) is 8.41. The topological polar surface area (TPSA) is 67.4 Å². The van der Waals surface area contributed by atoms with Gasteiger partial charge in [-0.15, -0.1) is 0 Å². The van der Waals surface area contributed by atoms with Crippen LogP contribution in [0.5, 0.6) is 5.75 Å². The van der Waals surface area contributed by atoms with Gasteiger partial charge >= 0.3 is 0 Å². The molecule has 132 valence electrons. The number of ether oxygens (including phenoxy) is 1. The maximum Gasteiger partial charge on any atom is 0.255 e. The highest BCUT2D eigenvalue weighted by Crippen LogP contribution is 2.18. The number of nitrogens with one attached hydrogen (secondary N) is 2. The molecule has 5 nitrogen and oxygen atoms in total. The lowest BCUT2D eigenvalue weighted by atomic mass is 10.0. The Bertz CT molecular complexity index is 724. The molecule has 0 atom stereocenters. The van der Waals surface area contributed by atoms with E-state index in [1.165, 1.54) is 5.56 Å². The Balaban J connectivity index is 1.90. The fraction of sp³-hybridized carbons (Fsp3) is 0.300. The Morgan fingerprint density at radius 1 is 1.04 bits per heavy atom. The number of benzene rings is 2. The molecule has 0 radical (unpaired) electrons. The predicted octanol–water partition coefficient (Wildman–Crippen LogP) is 3.58. The third kappa shape index (κ3) is 5.35. The summed E-state index contributed by atoms with van der Waals surface area (Å²) in [7, 11) is 0. The van der Waals surface area contributed by atoms with Gasteiger partial charge in [0.2, 0.25) is 5.91 Å². The third-order valence-electron chi connectivity index (χ3n) is 3.70. The monoisotopic (exact) mass is 340 g/mol. The molecule has 0 saturated carbocycles. The number of hydrogen-bond donors (Lipinski definition) is 2. The standard InChI is InChI=1S/C20H24N2O3/c1-4-25-18-8-6-5-7-17(18)20(24)21-13-19(23)22-16-11-9-15(10-12-16)14(2)3/h5-12,14H,4,13H2,1-3H3,(H,21,24)(H,22,23). The van der Waals surface area contributed by atoms with Crippen LogP contribution in [0.3, 0.4) is 0 Å². The van der Waals surface area contributed by atoms with Crippen molar-refractivity contribution in [3.05, 3.63) is 59.7 Å². The molecule has 0 spiro atoms. The van der Waals surface area contributed by atoms with Crippen LogP contribution < -0.4 is 15.4 Å². The van der Waals surface area contributed by atoms with Crippen molar-refractivity contribution in [2.75, 3.05) is 18.5 Å². The van der Waals surface area contributed by atoms with E-state index in [2.05, 4.69) is 24.5 Å². The molecule has 2 amide bonds. The van der Waals surface area contributed by atoms with Gasteiger partial charge in [-0.1, -0.05) is 38.1 Å². The summed E-state index contributed by atoms with van der Waals surface area (Å²) in [5.41, 5.74) is 2.33. The van der Waals surface area contributed by atoms with Crippen molar-refractivity contribution in [2.45, 2.75) is 26.7 Å². The van der Waals surface area contributed by atoms with Crippen molar-refractivity contribution >= 4 is 17.5 Å².